The van der Waals surface area contributed by atoms with Crippen LogP contribution in [0.15, 0.2) is 34.7 Å². The highest BCUT2D eigenvalue weighted by Crippen LogP contribution is 2.40. The highest BCUT2D eigenvalue weighted by Gasteiger charge is 2.25. The zero-order valence-electron chi connectivity index (χ0n) is 25.1. The van der Waals surface area contributed by atoms with Gasteiger partial charge in [0.05, 0.1) is 13.5 Å². The molecule has 0 amide bonds. The molecular formula is C26H27N2O+. The standard InChI is InChI=1S/C26H27N2O/c1-14(2)20-13-23(28(8)18(6)17(20)5)25-15(3)9-10-19-21-12-22(27-7)16(4)11-24(21)29-26(19)25/h9-14H,1-6,8H3/q+1/i1D3,5D3,13D,14D. The first-order valence-electron chi connectivity index (χ1n) is 13.3. The third kappa shape index (κ3) is 2.83. The van der Waals surface area contributed by atoms with Crippen molar-refractivity contribution in [1.29, 1.82) is 0 Å². The van der Waals surface area contributed by atoms with Crippen LogP contribution in [0.4, 0.5) is 5.69 Å². The van der Waals surface area contributed by atoms with Crippen LogP contribution in [0.1, 0.15) is 58.6 Å². The molecule has 4 rings (SSSR count). The molecule has 1 unspecified atom stereocenters. The van der Waals surface area contributed by atoms with Gasteiger partial charge in [-0.25, -0.2) is 4.85 Å². The van der Waals surface area contributed by atoms with E-state index in [1.54, 1.807) is 30.7 Å². The summed E-state index contributed by atoms with van der Waals surface area (Å²) in [7, 11) is 1.63. The van der Waals surface area contributed by atoms with Crippen molar-refractivity contribution in [2.24, 2.45) is 7.05 Å². The molecule has 2 aromatic carbocycles. The van der Waals surface area contributed by atoms with Gasteiger partial charge in [-0.3, -0.25) is 0 Å². The summed E-state index contributed by atoms with van der Waals surface area (Å²) in [6.45, 7) is 8.18. The van der Waals surface area contributed by atoms with E-state index in [1.165, 1.54) is 0 Å². The van der Waals surface area contributed by atoms with Crippen molar-refractivity contribution in [2.45, 2.75) is 47.3 Å². The van der Waals surface area contributed by atoms with E-state index in [-0.39, 0.29) is 28.6 Å². The topological polar surface area (TPSA) is 21.4 Å². The number of pyridine rings is 1. The number of rotatable bonds is 2. The fraction of sp³-hybridized carbons (Fsp3) is 0.308. The SMILES string of the molecule is [2H]c1c(C([2H])(C)C([2H])([2H])[2H])c(C([2H])([2H])[2H])c(C)[n+](C)c1-c1c(C)ccc2c1oc1cc(C)c([N+]#[C-])cc12. The van der Waals surface area contributed by atoms with E-state index in [4.69, 9.17) is 22.0 Å². The maximum atomic E-state index is 9.16. The van der Waals surface area contributed by atoms with Gasteiger partial charge < -0.3 is 4.42 Å². The highest BCUT2D eigenvalue weighted by molar-refractivity contribution is 6.10. The zero-order valence-corrected chi connectivity index (χ0v) is 17.1. The second-order valence-corrected chi connectivity index (χ2v) is 7.48. The third-order valence-electron chi connectivity index (χ3n) is 5.59. The Morgan fingerprint density at radius 3 is 2.69 bits per heavy atom. The molecule has 4 aromatic rings. The molecule has 0 saturated heterocycles. The van der Waals surface area contributed by atoms with Crippen LogP contribution in [0.25, 0.3) is 38.0 Å². The van der Waals surface area contributed by atoms with E-state index >= 15 is 0 Å². The van der Waals surface area contributed by atoms with Crippen LogP contribution in [0.5, 0.6) is 0 Å². The minimum atomic E-state index is -2.89. The third-order valence-corrected chi connectivity index (χ3v) is 5.59. The molecule has 0 saturated carbocycles. The second-order valence-electron chi connectivity index (χ2n) is 7.48. The van der Waals surface area contributed by atoms with Crippen molar-refractivity contribution in [3.63, 3.8) is 0 Å². The van der Waals surface area contributed by atoms with Gasteiger partial charge >= 0.3 is 0 Å². The van der Waals surface area contributed by atoms with Crippen LogP contribution in [0, 0.1) is 34.2 Å². The van der Waals surface area contributed by atoms with E-state index in [2.05, 4.69) is 4.85 Å². The van der Waals surface area contributed by atoms with E-state index in [9.17, 15) is 0 Å². The Bertz CT molecular complexity index is 1640. The molecule has 0 N–H and O–H groups in total. The molecule has 0 aliphatic heterocycles. The second kappa shape index (κ2) is 6.74. The molecule has 2 heterocycles. The maximum absolute atomic E-state index is 9.16. The molecular weight excluding hydrogens is 356 g/mol. The first-order valence-corrected chi connectivity index (χ1v) is 9.32. The zero-order chi connectivity index (χ0) is 27.8. The van der Waals surface area contributed by atoms with Crippen molar-refractivity contribution < 1.29 is 20.0 Å². The monoisotopic (exact) mass is 391 g/mol. The number of aromatic nitrogens is 1. The summed E-state index contributed by atoms with van der Waals surface area (Å²) in [6.07, 6.45) is 0. The Morgan fingerprint density at radius 1 is 1.21 bits per heavy atom. The molecule has 0 spiro atoms. The molecule has 146 valence electrons. The van der Waals surface area contributed by atoms with Crippen LogP contribution in [0.2, 0.25) is 0 Å². The van der Waals surface area contributed by atoms with Gasteiger partial charge in [-0.15, -0.1) is 0 Å². The molecule has 3 nitrogen and oxygen atoms in total. The molecule has 0 aliphatic rings. The molecule has 29 heavy (non-hydrogen) atoms. The predicted molar refractivity (Wildman–Crippen MR) is 120 cm³/mol. The average Bonchev–Trinajstić information content (AvgIpc) is 3.12. The fourth-order valence-electron chi connectivity index (χ4n) is 3.78. The molecule has 0 radical (unpaired) electrons. The van der Waals surface area contributed by atoms with Crippen molar-refractivity contribution in [3.05, 3.63) is 69.7 Å². The Hall–Kier alpha value is -3.12. The summed E-state index contributed by atoms with van der Waals surface area (Å²) in [4.78, 5) is 3.59. The van der Waals surface area contributed by atoms with E-state index in [0.29, 0.717) is 27.8 Å². The van der Waals surface area contributed by atoms with Gasteiger partial charge in [0, 0.05) is 38.9 Å². The highest BCUT2D eigenvalue weighted by atomic mass is 16.3. The van der Waals surface area contributed by atoms with E-state index in [1.807, 2.05) is 26.0 Å². The summed E-state index contributed by atoms with van der Waals surface area (Å²) < 4.78 is 74.2. The Kier molecular flexibility index (Phi) is 2.74. The first kappa shape index (κ1) is 11.8. The number of nitrogens with zero attached hydrogens (tertiary/aromatic N) is 2. The van der Waals surface area contributed by atoms with Crippen LogP contribution >= 0.6 is 0 Å². The van der Waals surface area contributed by atoms with Crippen LogP contribution in [-0.2, 0) is 7.05 Å². The minimum absolute atomic E-state index is 0.238. The maximum Gasteiger partial charge on any atom is 0.216 e. The number of furan rings is 1. The number of fused-ring (bicyclic) bond motifs is 3. The quantitative estimate of drug-likeness (QED) is 0.267. The van der Waals surface area contributed by atoms with Crippen LogP contribution in [0.3, 0.4) is 0 Å². The Labute approximate surface area is 183 Å². The largest absolute Gasteiger partial charge is 0.455 e. The van der Waals surface area contributed by atoms with Crippen molar-refractivity contribution in [1.82, 2.24) is 0 Å². The molecule has 1 atom stereocenters. The van der Waals surface area contributed by atoms with Crippen molar-refractivity contribution in [3.8, 4) is 11.3 Å². The minimum Gasteiger partial charge on any atom is -0.455 e. The smallest absolute Gasteiger partial charge is 0.216 e. The summed E-state index contributed by atoms with van der Waals surface area (Å²) >= 11 is 0. The molecule has 0 bridgehead atoms. The van der Waals surface area contributed by atoms with Crippen LogP contribution in [-0.4, -0.2) is 0 Å². The van der Waals surface area contributed by atoms with Gasteiger partial charge in [0.15, 0.2) is 11.4 Å². The lowest BCUT2D eigenvalue weighted by molar-refractivity contribution is -0.667. The van der Waals surface area contributed by atoms with Crippen molar-refractivity contribution in [2.75, 3.05) is 0 Å². The number of hydrogen-bond donors (Lipinski definition) is 0. The Balaban J connectivity index is 2.23. The average molecular weight is 392 g/mol. The van der Waals surface area contributed by atoms with Gasteiger partial charge in [0.1, 0.15) is 18.2 Å². The van der Waals surface area contributed by atoms with Gasteiger partial charge in [-0.05, 0) is 55.4 Å². The van der Waals surface area contributed by atoms with Gasteiger partial charge in [-0.2, -0.15) is 4.57 Å². The molecule has 0 aliphatic carbocycles. The van der Waals surface area contributed by atoms with E-state index in [0.717, 1.165) is 23.4 Å². The fourth-order valence-corrected chi connectivity index (χ4v) is 3.78. The normalized spacial score (nSPS) is 18.5. The first-order chi connectivity index (χ1) is 16.9. The lowest BCUT2D eigenvalue weighted by Crippen LogP contribution is -2.36. The molecule has 3 heteroatoms. The van der Waals surface area contributed by atoms with Crippen molar-refractivity contribution >= 4 is 27.6 Å². The number of hydrogen-bond acceptors (Lipinski definition) is 1. The van der Waals surface area contributed by atoms with Gasteiger partial charge in [0.2, 0.25) is 5.69 Å². The summed E-state index contributed by atoms with van der Waals surface area (Å²) in [5.74, 6) is -2.36. The summed E-state index contributed by atoms with van der Waals surface area (Å²) in [6, 6.07) is 6.91. The van der Waals surface area contributed by atoms with E-state index < -0.39 is 19.6 Å². The predicted octanol–water partition coefficient (Wildman–Crippen LogP) is 6.99. The lowest BCUT2D eigenvalue weighted by Gasteiger charge is -2.14. The Morgan fingerprint density at radius 2 is 2.00 bits per heavy atom. The van der Waals surface area contributed by atoms with Crippen LogP contribution < -0.4 is 4.57 Å². The van der Waals surface area contributed by atoms with Gasteiger partial charge in [0.25, 0.3) is 0 Å². The molecule has 2 aromatic heterocycles. The number of benzene rings is 2. The molecule has 0 fully saturated rings. The summed E-state index contributed by atoms with van der Waals surface area (Å²) in [5.41, 5.74) is 3.33. The summed E-state index contributed by atoms with van der Waals surface area (Å²) in [5, 5.41) is 1.44. The van der Waals surface area contributed by atoms with Gasteiger partial charge in [-0.1, -0.05) is 25.9 Å². The number of aryl methyl sites for hydroxylation is 2. The lowest BCUT2D eigenvalue weighted by atomic mass is 9.93.